The molecule has 0 aromatic heterocycles. The van der Waals surface area contributed by atoms with E-state index in [9.17, 15) is 0 Å². The monoisotopic (exact) mass is 340 g/mol. The maximum absolute atomic E-state index is 5.81. The summed E-state index contributed by atoms with van der Waals surface area (Å²) in [6.07, 6.45) is 1.84. The van der Waals surface area contributed by atoms with E-state index in [1.54, 1.807) is 0 Å². The Morgan fingerprint density at radius 2 is 1.52 bits per heavy atom. The van der Waals surface area contributed by atoms with Crippen LogP contribution in [0.5, 0.6) is 5.75 Å². The molecule has 2 rings (SSSR count). The number of rotatable bonds is 9. The van der Waals surface area contributed by atoms with Gasteiger partial charge < -0.3 is 14.2 Å². The van der Waals surface area contributed by atoms with Crippen LogP contribution in [0.15, 0.2) is 54.1 Å². The Hall–Kier alpha value is -2.10. The summed E-state index contributed by atoms with van der Waals surface area (Å²) >= 11 is 0. The van der Waals surface area contributed by atoms with E-state index in [4.69, 9.17) is 14.2 Å². The third-order valence-corrected chi connectivity index (χ3v) is 3.75. The molecule has 0 aliphatic carbocycles. The molecule has 0 bridgehead atoms. The van der Waals surface area contributed by atoms with Gasteiger partial charge in [0.05, 0.1) is 0 Å². The maximum Gasteiger partial charge on any atom is 0.183 e. The summed E-state index contributed by atoms with van der Waals surface area (Å²) in [6, 6.07) is 16.4. The minimum atomic E-state index is -0.293. The number of ether oxygens (including phenoxy) is 3. The minimum Gasteiger partial charge on any atom is -0.489 e. The first-order valence-electron chi connectivity index (χ1n) is 8.82. The van der Waals surface area contributed by atoms with Gasteiger partial charge in [0.15, 0.2) is 6.29 Å². The molecule has 0 aliphatic rings. The molecule has 0 radical (unpaired) electrons. The van der Waals surface area contributed by atoms with Crippen LogP contribution in [-0.2, 0) is 9.47 Å². The lowest BCUT2D eigenvalue weighted by Crippen LogP contribution is -2.08. The molecule has 2 aromatic rings. The fourth-order valence-electron chi connectivity index (χ4n) is 2.45. The highest BCUT2D eigenvalue weighted by Gasteiger charge is 2.10. The van der Waals surface area contributed by atoms with Gasteiger partial charge in [-0.2, -0.15) is 0 Å². The lowest BCUT2D eigenvalue weighted by Gasteiger charge is -2.17. The van der Waals surface area contributed by atoms with E-state index in [2.05, 4.69) is 56.3 Å². The van der Waals surface area contributed by atoms with Crippen molar-refractivity contribution < 1.29 is 14.2 Å². The van der Waals surface area contributed by atoms with Gasteiger partial charge in [0.1, 0.15) is 12.4 Å². The van der Waals surface area contributed by atoms with Gasteiger partial charge in [-0.3, -0.25) is 0 Å². The van der Waals surface area contributed by atoms with Gasteiger partial charge in [0, 0.05) is 18.8 Å². The largest absolute Gasteiger partial charge is 0.489 e. The van der Waals surface area contributed by atoms with Gasteiger partial charge in [0.25, 0.3) is 0 Å². The number of hydrogen-bond acceptors (Lipinski definition) is 3. The van der Waals surface area contributed by atoms with Gasteiger partial charge in [-0.05, 0) is 51.0 Å². The fraction of sp³-hybridized carbons (Fsp3) is 0.364. The normalized spacial score (nSPS) is 11.8. The molecule has 0 aliphatic heterocycles. The fourth-order valence-corrected chi connectivity index (χ4v) is 2.45. The molecule has 0 unspecified atom stereocenters. The highest BCUT2D eigenvalue weighted by Crippen LogP contribution is 2.20. The quantitative estimate of drug-likeness (QED) is 0.560. The Kier molecular flexibility index (Phi) is 7.71. The Labute approximate surface area is 151 Å². The zero-order chi connectivity index (χ0) is 18.1. The van der Waals surface area contributed by atoms with Crippen LogP contribution in [0.1, 0.15) is 43.8 Å². The van der Waals surface area contributed by atoms with Crippen molar-refractivity contribution in [2.75, 3.05) is 19.8 Å². The van der Waals surface area contributed by atoms with Crippen LogP contribution in [0.4, 0.5) is 0 Å². The average Bonchev–Trinajstić information content (AvgIpc) is 2.62. The number of benzene rings is 2. The van der Waals surface area contributed by atoms with E-state index in [1.807, 2.05) is 26.0 Å². The molecule has 3 heteroatoms. The second kappa shape index (κ2) is 10.0. The van der Waals surface area contributed by atoms with Gasteiger partial charge in [-0.1, -0.05) is 48.0 Å². The van der Waals surface area contributed by atoms with Crippen molar-refractivity contribution in [2.45, 2.75) is 34.0 Å². The summed E-state index contributed by atoms with van der Waals surface area (Å²) in [7, 11) is 0. The van der Waals surface area contributed by atoms with Crippen molar-refractivity contribution in [3.8, 4) is 5.75 Å². The van der Waals surface area contributed by atoms with Crippen molar-refractivity contribution in [3.05, 3.63) is 70.8 Å². The van der Waals surface area contributed by atoms with Crippen LogP contribution < -0.4 is 4.74 Å². The Morgan fingerprint density at radius 3 is 2.08 bits per heavy atom. The summed E-state index contributed by atoms with van der Waals surface area (Å²) < 4.78 is 17.1. The summed E-state index contributed by atoms with van der Waals surface area (Å²) in [5, 5.41) is 0. The highest BCUT2D eigenvalue weighted by molar-refractivity contribution is 5.53. The molecule has 0 spiro atoms. The topological polar surface area (TPSA) is 27.7 Å². The summed E-state index contributed by atoms with van der Waals surface area (Å²) in [5.41, 5.74) is 4.58. The first kappa shape index (κ1) is 19.2. The molecule has 0 fully saturated rings. The molecular formula is C22H28O3. The van der Waals surface area contributed by atoms with E-state index < -0.39 is 0 Å². The molecule has 3 nitrogen and oxygen atoms in total. The van der Waals surface area contributed by atoms with E-state index >= 15 is 0 Å². The number of hydrogen-bond donors (Lipinski definition) is 0. The predicted octanol–water partition coefficient (Wildman–Crippen LogP) is 5.55. The van der Waals surface area contributed by atoms with Gasteiger partial charge in [-0.25, -0.2) is 0 Å². The van der Waals surface area contributed by atoms with Crippen molar-refractivity contribution >= 4 is 6.08 Å². The van der Waals surface area contributed by atoms with Crippen LogP contribution in [0, 0.1) is 6.92 Å². The van der Waals surface area contributed by atoms with Crippen molar-refractivity contribution in [1.82, 2.24) is 0 Å². The molecule has 0 atom stereocenters. The third kappa shape index (κ3) is 6.37. The van der Waals surface area contributed by atoms with Crippen LogP contribution >= 0.6 is 0 Å². The average molecular weight is 340 g/mol. The molecule has 25 heavy (non-hydrogen) atoms. The molecule has 0 N–H and O–H groups in total. The molecule has 0 heterocycles. The second-order valence-electron chi connectivity index (χ2n) is 6.00. The van der Waals surface area contributed by atoms with Crippen LogP contribution in [0.25, 0.3) is 6.08 Å². The van der Waals surface area contributed by atoms with E-state index in [0.717, 1.165) is 16.9 Å². The van der Waals surface area contributed by atoms with Crippen molar-refractivity contribution in [3.63, 3.8) is 0 Å². The van der Waals surface area contributed by atoms with Gasteiger partial charge >= 0.3 is 0 Å². The molecule has 0 amide bonds. The highest BCUT2D eigenvalue weighted by atomic mass is 16.7. The molecule has 2 aromatic carbocycles. The van der Waals surface area contributed by atoms with Crippen LogP contribution in [0.2, 0.25) is 0 Å². The Morgan fingerprint density at radius 1 is 0.920 bits per heavy atom. The van der Waals surface area contributed by atoms with Gasteiger partial charge in [-0.15, -0.1) is 0 Å². The Bertz CT molecular complexity index is 651. The Balaban J connectivity index is 1.96. The first-order chi connectivity index (χ1) is 12.1. The lowest BCUT2D eigenvalue weighted by molar-refractivity contribution is -0.140. The third-order valence-electron chi connectivity index (χ3n) is 3.75. The molecular weight excluding hydrogens is 312 g/mol. The summed E-state index contributed by atoms with van der Waals surface area (Å²) in [6.45, 7) is 9.92. The van der Waals surface area contributed by atoms with E-state index in [0.29, 0.717) is 19.8 Å². The second-order valence-corrected chi connectivity index (χ2v) is 6.00. The molecule has 0 saturated carbocycles. The zero-order valence-electron chi connectivity index (χ0n) is 15.6. The SMILES string of the molecule is CCOC(OCC)c1ccc(/C=C(\C)COc2ccc(C)cc2)cc1. The summed E-state index contributed by atoms with van der Waals surface area (Å²) in [5.74, 6) is 0.893. The van der Waals surface area contributed by atoms with E-state index in [-0.39, 0.29) is 6.29 Å². The van der Waals surface area contributed by atoms with Crippen molar-refractivity contribution in [1.29, 1.82) is 0 Å². The number of aryl methyl sites for hydroxylation is 1. The maximum atomic E-state index is 5.81. The molecule has 134 valence electrons. The van der Waals surface area contributed by atoms with Crippen LogP contribution in [0.3, 0.4) is 0 Å². The zero-order valence-corrected chi connectivity index (χ0v) is 15.6. The van der Waals surface area contributed by atoms with Gasteiger partial charge in [0.2, 0.25) is 0 Å². The van der Waals surface area contributed by atoms with E-state index in [1.165, 1.54) is 11.1 Å². The van der Waals surface area contributed by atoms with Crippen molar-refractivity contribution in [2.24, 2.45) is 0 Å². The first-order valence-corrected chi connectivity index (χ1v) is 8.82. The minimum absolute atomic E-state index is 0.293. The standard InChI is InChI=1S/C22H28O3/c1-5-23-22(24-6-2)20-11-9-19(10-12-20)15-18(4)16-25-21-13-7-17(3)8-14-21/h7-15,22H,5-6,16H2,1-4H3/b18-15+. The predicted molar refractivity (Wildman–Crippen MR) is 103 cm³/mol. The van der Waals surface area contributed by atoms with Crippen LogP contribution in [-0.4, -0.2) is 19.8 Å². The lowest BCUT2D eigenvalue weighted by atomic mass is 10.1. The summed E-state index contributed by atoms with van der Waals surface area (Å²) in [4.78, 5) is 0. The molecule has 0 saturated heterocycles. The smallest absolute Gasteiger partial charge is 0.183 e.